The van der Waals surface area contributed by atoms with E-state index in [1.54, 1.807) is 0 Å². The van der Waals surface area contributed by atoms with Crippen molar-refractivity contribution < 1.29 is 0 Å². The highest BCUT2D eigenvalue weighted by molar-refractivity contribution is 5.44. The Bertz CT molecular complexity index is 282. The summed E-state index contributed by atoms with van der Waals surface area (Å²) in [7, 11) is 4.03. The molecule has 0 radical (unpaired) electrons. The molecule has 1 N–H and O–H groups in total. The minimum atomic E-state index is 0.505. The molecule has 0 unspecified atom stereocenters. The second-order valence-corrected chi connectivity index (χ2v) is 3.92. The second kappa shape index (κ2) is 4.96. The lowest BCUT2D eigenvalue weighted by molar-refractivity contribution is 0.588. The van der Waals surface area contributed by atoms with Crippen molar-refractivity contribution in [3.63, 3.8) is 0 Å². The first-order valence-electron chi connectivity index (χ1n) is 4.96. The maximum absolute atomic E-state index is 4.34. The lowest BCUT2D eigenvalue weighted by Gasteiger charge is -2.17. The van der Waals surface area contributed by atoms with Gasteiger partial charge in [-0.3, -0.25) is 0 Å². The van der Waals surface area contributed by atoms with Crippen molar-refractivity contribution >= 4 is 5.82 Å². The summed E-state index contributed by atoms with van der Waals surface area (Å²) in [4.78, 5) is 6.38. The fraction of sp³-hybridized carbons (Fsp3) is 0.545. The average molecular weight is 193 g/mol. The van der Waals surface area contributed by atoms with Crippen LogP contribution in [0.4, 0.5) is 5.82 Å². The van der Waals surface area contributed by atoms with Crippen molar-refractivity contribution in [1.29, 1.82) is 0 Å². The molecule has 1 aromatic rings. The number of hydrogen-bond acceptors (Lipinski definition) is 3. The topological polar surface area (TPSA) is 28.2 Å². The van der Waals surface area contributed by atoms with Gasteiger partial charge in [0.2, 0.25) is 0 Å². The predicted molar refractivity (Wildman–Crippen MR) is 60.5 cm³/mol. The van der Waals surface area contributed by atoms with Crippen molar-refractivity contribution in [1.82, 2.24) is 10.3 Å². The monoisotopic (exact) mass is 193 g/mol. The quantitative estimate of drug-likeness (QED) is 0.788. The molecule has 0 fully saturated rings. The largest absolute Gasteiger partial charge is 0.362 e. The molecule has 0 aliphatic carbocycles. The highest BCUT2D eigenvalue weighted by atomic mass is 15.1. The molecular formula is C11H19N3. The molecule has 0 spiro atoms. The number of hydrogen-bond donors (Lipinski definition) is 1. The van der Waals surface area contributed by atoms with Gasteiger partial charge < -0.3 is 10.2 Å². The number of aromatic nitrogens is 1. The second-order valence-electron chi connectivity index (χ2n) is 3.92. The Morgan fingerprint density at radius 2 is 2.14 bits per heavy atom. The summed E-state index contributed by atoms with van der Waals surface area (Å²) in [6, 6.07) is 4.59. The Kier molecular flexibility index (Phi) is 3.89. The van der Waals surface area contributed by atoms with E-state index in [0.29, 0.717) is 6.04 Å². The Balaban J connectivity index is 2.74. The third-order valence-corrected chi connectivity index (χ3v) is 1.99. The van der Waals surface area contributed by atoms with E-state index in [1.165, 1.54) is 5.56 Å². The van der Waals surface area contributed by atoms with Crippen molar-refractivity contribution in [3.05, 3.63) is 23.9 Å². The van der Waals surface area contributed by atoms with Crippen molar-refractivity contribution in [2.24, 2.45) is 0 Å². The van der Waals surface area contributed by atoms with E-state index in [-0.39, 0.29) is 0 Å². The maximum Gasteiger partial charge on any atom is 0.132 e. The van der Waals surface area contributed by atoms with Gasteiger partial charge in [0, 0.05) is 38.4 Å². The van der Waals surface area contributed by atoms with Gasteiger partial charge in [-0.15, -0.1) is 0 Å². The highest BCUT2D eigenvalue weighted by Gasteiger charge is 2.04. The van der Waals surface area contributed by atoms with Gasteiger partial charge in [-0.25, -0.2) is 4.98 Å². The summed E-state index contributed by atoms with van der Waals surface area (Å²) in [5.74, 6) is 1.04. The van der Waals surface area contributed by atoms with E-state index in [2.05, 4.69) is 30.2 Å². The molecule has 0 aromatic carbocycles. The molecule has 14 heavy (non-hydrogen) atoms. The predicted octanol–water partition coefficient (Wildman–Crippen LogP) is 1.65. The first kappa shape index (κ1) is 11.0. The molecule has 1 aromatic heterocycles. The fourth-order valence-corrected chi connectivity index (χ4v) is 1.29. The molecular weight excluding hydrogens is 174 g/mol. The van der Waals surface area contributed by atoms with Gasteiger partial charge in [0.15, 0.2) is 0 Å². The van der Waals surface area contributed by atoms with E-state index in [0.717, 1.165) is 12.4 Å². The Labute approximate surface area is 86.2 Å². The third-order valence-electron chi connectivity index (χ3n) is 1.99. The van der Waals surface area contributed by atoms with E-state index in [4.69, 9.17) is 0 Å². The molecule has 0 aliphatic heterocycles. The Morgan fingerprint density at radius 1 is 1.43 bits per heavy atom. The van der Waals surface area contributed by atoms with Crippen LogP contribution in [0.2, 0.25) is 0 Å². The van der Waals surface area contributed by atoms with Crippen LogP contribution in [0.1, 0.15) is 19.4 Å². The normalized spacial score (nSPS) is 10.6. The van der Waals surface area contributed by atoms with Crippen LogP contribution in [0, 0.1) is 0 Å². The summed E-state index contributed by atoms with van der Waals surface area (Å²) in [5, 5.41) is 3.39. The van der Waals surface area contributed by atoms with Crippen LogP contribution in [-0.4, -0.2) is 25.1 Å². The molecule has 0 saturated heterocycles. The third kappa shape index (κ3) is 3.00. The van der Waals surface area contributed by atoms with Crippen LogP contribution in [0.3, 0.4) is 0 Å². The first-order chi connectivity index (χ1) is 6.61. The van der Waals surface area contributed by atoms with Crippen LogP contribution in [0.5, 0.6) is 0 Å². The minimum absolute atomic E-state index is 0.505. The zero-order valence-electron chi connectivity index (χ0n) is 9.41. The molecule has 0 saturated carbocycles. The lowest BCUT2D eigenvalue weighted by atomic mass is 10.2. The molecule has 0 aliphatic rings. The molecule has 0 bridgehead atoms. The Morgan fingerprint density at radius 3 is 2.71 bits per heavy atom. The SMILES string of the molecule is CC(C)NCc1cccnc1N(C)C. The molecule has 3 nitrogen and oxygen atoms in total. The first-order valence-corrected chi connectivity index (χ1v) is 4.96. The van der Waals surface area contributed by atoms with Crippen LogP contribution in [0.15, 0.2) is 18.3 Å². The van der Waals surface area contributed by atoms with Gasteiger partial charge in [-0.1, -0.05) is 19.9 Å². The van der Waals surface area contributed by atoms with Gasteiger partial charge in [-0.05, 0) is 6.07 Å². The summed E-state index contributed by atoms with van der Waals surface area (Å²) < 4.78 is 0. The Hall–Kier alpha value is -1.09. The molecule has 0 amide bonds. The van der Waals surface area contributed by atoms with Crippen LogP contribution >= 0.6 is 0 Å². The molecule has 1 rings (SSSR count). The number of anilines is 1. The molecule has 3 heteroatoms. The van der Waals surface area contributed by atoms with Crippen molar-refractivity contribution in [2.75, 3.05) is 19.0 Å². The fourth-order valence-electron chi connectivity index (χ4n) is 1.29. The van der Waals surface area contributed by atoms with Gasteiger partial charge in [0.05, 0.1) is 0 Å². The number of pyridine rings is 1. The maximum atomic E-state index is 4.34. The van der Waals surface area contributed by atoms with E-state index in [1.807, 2.05) is 31.3 Å². The van der Waals surface area contributed by atoms with Crippen molar-refractivity contribution in [2.45, 2.75) is 26.4 Å². The summed E-state index contributed by atoms with van der Waals surface area (Å²) in [5.41, 5.74) is 1.24. The summed E-state index contributed by atoms with van der Waals surface area (Å²) in [6.45, 7) is 5.16. The average Bonchev–Trinajstić information content (AvgIpc) is 2.15. The zero-order chi connectivity index (χ0) is 10.6. The van der Waals surface area contributed by atoms with Gasteiger partial charge in [-0.2, -0.15) is 0 Å². The summed E-state index contributed by atoms with van der Waals surface area (Å²) in [6.07, 6.45) is 1.83. The van der Waals surface area contributed by atoms with Crippen LogP contribution in [0.25, 0.3) is 0 Å². The smallest absolute Gasteiger partial charge is 0.132 e. The molecule has 1 heterocycles. The summed E-state index contributed by atoms with van der Waals surface area (Å²) >= 11 is 0. The number of rotatable bonds is 4. The van der Waals surface area contributed by atoms with Crippen LogP contribution in [-0.2, 0) is 6.54 Å². The van der Waals surface area contributed by atoms with Gasteiger partial charge >= 0.3 is 0 Å². The van der Waals surface area contributed by atoms with E-state index >= 15 is 0 Å². The molecule has 0 atom stereocenters. The minimum Gasteiger partial charge on any atom is -0.362 e. The lowest BCUT2D eigenvalue weighted by Crippen LogP contribution is -2.23. The van der Waals surface area contributed by atoms with Gasteiger partial charge in [0.1, 0.15) is 5.82 Å². The number of nitrogens with zero attached hydrogens (tertiary/aromatic N) is 2. The number of nitrogens with one attached hydrogen (secondary N) is 1. The zero-order valence-corrected chi connectivity index (χ0v) is 9.41. The standard InChI is InChI=1S/C11H19N3/c1-9(2)13-8-10-6-5-7-12-11(10)14(3)4/h5-7,9,13H,8H2,1-4H3. The van der Waals surface area contributed by atoms with E-state index in [9.17, 15) is 0 Å². The van der Waals surface area contributed by atoms with E-state index < -0.39 is 0 Å². The van der Waals surface area contributed by atoms with Crippen LogP contribution < -0.4 is 10.2 Å². The van der Waals surface area contributed by atoms with Crippen molar-refractivity contribution in [3.8, 4) is 0 Å². The molecule has 78 valence electrons. The highest BCUT2D eigenvalue weighted by Crippen LogP contribution is 2.13. The van der Waals surface area contributed by atoms with Gasteiger partial charge in [0.25, 0.3) is 0 Å².